The Morgan fingerprint density at radius 1 is 1.37 bits per heavy atom. The average Bonchev–Trinajstić information content (AvgIpc) is 2.57. The van der Waals surface area contributed by atoms with Crippen molar-refractivity contribution in [2.24, 2.45) is 5.73 Å². The molecule has 0 aliphatic carbocycles. The molecule has 1 heterocycles. The zero-order chi connectivity index (χ0) is 14.0. The summed E-state index contributed by atoms with van der Waals surface area (Å²) in [4.78, 5) is 0. The lowest BCUT2D eigenvalue weighted by Gasteiger charge is -2.33. The number of benzene rings is 1. The number of para-hydroxylation sites is 1. The third-order valence-electron chi connectivity index (χ3n) is 3.69. The Morgan fingerprint density at radius 3 is 2.68 bits per heavy atom. The highest BCUT2D eigenvalue weighted by Gasteiger charge is 2.34. The second-order valence-corrected chi connectivity index (χ2v) is 7.67. The van der Waals surface area contributed by atoms with E-state index in [0.29, 0.717) is 6.54 Å². The SMILES string of the molecule is CC(C)S(=O)(=O)N1c2ccccc2CCCC1CN. The van der Waals surface area contributed by atoms with Gasteiger partial charge in [-0.25, -0.2) is 8.42 Å². The van der Waals surface area contributed by atoms with Gasteiger partial charge in [0.25, 0.3) is 0 Å². The summed E-state index contributed by atoms with van der Waals surface area (Å²) >= 11 is 0. The van der Waals surface area contributed by atoms with Crippen LogP contribution in [0, 0.1) is 0 Å². The first-order valence-corrected chi connectivity index (χ1v) is 8.30. The minimum atomic E-state index is -3.34. The predicted octanol–water partition coefficient (Wildman–Crippen LogP) is 1.89. The van der Waals surface area contributed by atoms with Gasteiger partial charge in [0.05, 0.1) is 17.0 Å². The van der Waals surface area contributed by atoms with Crippen LogP contribution in [0.4, 0.5) is 5.69 Å². The third-order valence-corrected chi connectivity index (χ3v) is 5.92. The highest BCUT2D eigenvalue weighted by molar-refractivity contribution is 7.93. The molecular weight excluding hydrogens is 260 g/mol. The zero-order valence-electron chi connectivity index (χ0n) is 11.5. The number of anilines is 1. The Kier molecular flexibility index (Phi) is 4.16. The predicted molar refractivity (Wildman–Crippen MR) is 78.8 cm³/mol. The van der Waals surface area contributed by atoms with Crippen molar-refractivity contribution in [3.05, 3.63) is 29.8 Å². The Balaban J connectivity index is 2.58. The molecule has 1 aromatic carbocycles. The van der Waals surface area contributed by atoms with Gasteiger partial charge in [-0.2, -0.15) is 0 Å². The van der Waals surface area contributed by atoms with Gasteiger partial charge >= 0.3 is 0 Å². The molecule has 0 spiro atoms. The molecule has 0 radical (unpaired) electrons. The topological polar surface area (TPSA) is 63.4 Å². The molecular formula is C14H22N2O2S. The minimum absolute atomic E-state index is 0.129. The van der Waals surface area contributed by atoms with Crippen molar-refractivity contribution in [3.8, 4) is 0 Å². The quantitative estimate of drug-likeness (QED) is 0.921. The molecule has 2 N–H and O–H groups in total. The molecule has 106 valence electrons. The Labute approximate surface area is 115 Å². The molecule has 0 aromatic heterocycles. The molecule has 1 aromatic rings. The Morgan fingerprint density at radius 2 is 2.05 bits per heavy atom. The maximum atomic E-state index is 12.6. The Bertz CT molecular complexity index is 540. The molecule has 19 heavy (non-hydrogen) atoms. The fraction of sp³-hybridized carbons (Fsp3) is 0.571. The summed E-state index contributed by atoms with van der Waals surface area (Å²) in [6, 6.07) is 7.62. The van der Waals surface area contributed by atoms with E-state index in [1.54, 1.807) is 18.2 Å². The van der Waals surface area contributed by atoms with Crippen molar-refractivity contribution in [1.29, 1.82) is 0 Å². The van der Waals surface area contributed by atoms with E-state index in [2.05, 4.69) is 0 Å². The number of rotatable bonds is 3. The van der Waals surface area contributed by atoms with Crippen LogP contribution in [0.15, 0.2) is 24.3 Å². The first-order chi connectivity index (χ1) is 8.98. The van der Waals surface area contributed by atoms with E-state index in [0.717, 1.165) is 30.5 Å². The van der Waals surface area contributed by atoms with Crippen LogP contribution < -0.4 is 10.0 Å². The fourth-order valence-corrected chi connectivity index (χ4v) is 4.08. The summed E-state index contributed by atoms with van der Waals surface area (Å²) in [7, 11) is -3.34. The third kappa shape index (κ3) is 2.62. The van der Waals surface area contributed by atoms with Crippen molar-refractivity contribution in [3.63, 3.8) is 0 Å². The van der Waals surface area contributed by atoms with Gasteiger partial charge in [-0.3, -0.25) is 4.31 Å². The van der Waals surface area contributed by atoms with Crippen molar-refractivity contribution >= 4 is 15.7 Å². The molecule has 5 heteroatoms. The molecule has 0 amide bonds. The summed E-state index contributed by atoms with van der Waals surface area (Å²) in [6.45, 7) is 3.80. The molecule has 0 bridgehead atoms. The zero-order valence-corrected chi connectivity index (χ0v) is 12.4. The normalized spacial score (nSPS) is 20.2. The number of aryl methyl sites for hydroxylation is 1. The average molecular weight is 282 g/mol. The first-order valence-electron chi connectivity index (χ1n) is 6.79. The Hall–Kier alpha value is -1.07. The van der Waals surface area contributed by atoms with E-state index in [-0.39, 0.29) is 6.04 Å². The van der Waals surface area contributed by atoms with Crippen LogP contribution in [-0.4, -0.2) is 26.3 Å². The number of fused-ring (bicyclic) bond motifs is 1. The first kappa shape index (κ1) is 14.3. The fourth-order valence-electron chi connectivity index (χ4n) is 2.56. The van der Waals surface area contributed by atoms with Crippen molar-refractivity contribution in [2.75, 3.05) is 10.8 Å². The number of nitrogens with two attached hydrogens (primary N) is 1. The molecule has 1 unspecified atom stereocenters. The van der Waals surface area contributed by atoms with E-state index in [4.69, 9.17) is 5.73 Å². The maximum Gasteiger partial charge on any atom is 0.237 e. The van der Waals surface area contributed by atoms with Crippen molar-refractivity contribution < 1.29 is 8.42 Å². The molecule has 0 fully saturated rings. The molecule has 0 saturated heterocycles. The van der Waals surface area contributed by atoms with Crippen LogP contribution in [0.25, 0.3) is 0 Å². The van der Waals surface area contributed by atoms with Gasteiger partial charge in [-0.05, 0) is 44.7 Å². The van der Waals surface area contributed by atoms with E-state index in [1.165, 1.54) is 0 Å². The number of sulfonamides is 1. The molecule has 4 nitrogen and oxygen atoms in total. The smallest absolute Gasteiger partial charge is 0.237 e. The van der Waals surface area contributed by atoms with E-state index in [1.807, 2.05) is 24.3 Å². The lowest BCUT2D eigenvalue weighted by molar-refractivity contribution is 0.552. The van der Waals surface area contributed by atoms with Gasteiger partial charge in [-0.1, -0.05) is 18.2 Å². The highest BCUT2D eigenvalue weighted by Crippen LogP contribution is 2.32. The summed E-state index contributed by atoms with van der Waals surface area (Å²) in [5, 5.41) is -0.437. The van der Waals surface area contributed by atoms with Crippen LogP contribution in [0.1, 0.15) is 32.3 Å². The number of nitrogens with zero attached hydrogens (tertiary/aromatic N) is 1. The lowest BCUT2D eigenvalue weighted by Crippen LogP contribution is -2.47. The van der Waals surface area contributed by atoms with Gasteiger partial charge in [0.1, 0.15) is 0 Å². The van der Waals surface area contributed by atoms with Crippen LogP contribution in [-0.2, 0) is 16.4 Å². The number of hydrogen-bond donors (Lipinski definition) is 1. The van der Waals surface area contributed by atoms with Crippen LogP contribution in [0.5, 0.6) is 0 Å². The van der Waals surface area contributed by atoms with Gasteiger partial charge < -0.3 is 5.73 Å². The van der Waals surface area contributed by atoms with E-state index in [9.17, 15) is 8.42 Å². The van der Waals surface area contributed by atoms with Crippen LogP contribution in [0.2, 0.25) is 0 Å². The second kappa shape index (κ2) is 5.51. The van der Waals surface area contributed by atoms with Crippen molar-refractivity contribution in [1.82, 2.24) is 0 Å². The molecule has 1 aliphatic heterocycles. The maximum absolute atomic E-state index is 12.6. The highest BCUT2D eigenvalue weighted by atomic mass is 32.2. The lowest BCUT2D eigenvalue weighted by atomic mass is 10.1. The molecule has 2 rings (SSSR count). The summed E-state index contributed by atoms with van der Waals surface area (Å²) < 4.78 is 26.9. The molecule has 1 atom stereocenters. The van der Waals surface area contributed by atoms with E-state index < -0.39 is 15.3 Å². The van der Waals surface area contributed by atoms with Gasteiger partial charge in [0, 0.05) is 6.54 Å². The van der Waals surface area contributed by atoms with E-state index >= 15 is 0 Å². The molecule has 0 saturated carbocycles. The second-order valence-electron chi connectivity index (χ2n) is 5.30. The van der Waals surface area contributed by atoms with Crippen molar-refractivity contribution in [2.45, 2.75) is 44.4 Å². The van der Waals surface area contributed by atoms with Gasteiger partial charge in [0.15, 0.2) is 0 Å². The monoisotopic (exact) mass is 282 g/mol. The molecule has 1 aliphatic rings. The van der Waals surface area contributed by atoms with Crippen LogP contribution >= 0.6 is 0 Å². The van der Waals surface area contributed by atoms with Crippen LogP contribution in [0.3, 0.4) is 0 Å². The summed E-state index contributed by atoms with van der Waals surface area (Å²) in [5.41, 5.74) is 7.72. The van der Waals surface area contributed by atoms with Gasteiger partial charge in [-0.15, -0.1) is 0 Å². The largest absolute Gasteiger partial charge is 0.328 e. The standard InChI is InChI=1S/C14H22N2O2S/c1-11(2)19(17,18)16-13(10-15)8-5-7-12-6-3-4-9-14(12)16/h3-4,6,9,11,13H,5,7-8,10,15H2,1-2H3. The number of hydrogen-bond acceptors (Lipinski definition) is 3. The summed E-state index contributed by atoms with van der Waals surface area (Å²) in [6.07, 6.45) is 2.71. The van der Waals surface area contributed by atoms with Gasteiger partial charge in [0.2, 0.25) is 10.0 Å². The minimum Gasteiger partial charge on any atom is -0.328 e. The summed E-state index contributed by atoms with van der Waals surface area (Å²) in [5.74, 6) is 0.